The molecular weight excluding hydrogens is 316 g/mol. The molecule has 0 atom stereocenters. The van der Waals surface area contributed by atoms with E-state index in [0.717, 1.165) is 16.5 Å². The second-order valence-corrected chi connectivity index (χ2v) is 5.83. The summed E-state index contributed by atoms with van der Waals surface area (Å²) in [6.45, 7) is 0.862. The molecule has 1 saturated heterocycles. The first-order valence-corrected chi connectivity index (χ1v) is 8.05. The molecule has 3 aromatic rings. The summed E-state index contributed by atoms with van der Waals surface area (Å²) in [5, 5.41) is 5.09. The topological polar surface area (TPSA) is 58.6 Å². The highest BCUT2D eigenvalue weighted by Crippen LogP contribution is 2.22. The third-order valence-electron chi connectivity index (χ3n) is 4.19. The lowest BCUT2D eigenvalue weighted by Gasteiger charge is -2.14. The summed E-state index contributed by atoms with van der Waals surface area (Å²) < 4.78 is 4.94. The molecule has 0 radical (unpaired) electrons. The number of benzene rings is 3. The summed E-state index contributed by atoms with van der Waals surface area (Å²) in [4.78, 5) is 25.7. The van der Waals surface area contributed by atoms with Crippen molar-refractivity contribution >= 4 is 34.1 Å². The molecule has 0 unspecified atom stereocenters. The second-order valence-electron chi connectivity index (χ2n) is 5.83. The van der Waals surface area contributed by atoms with Gasteiger partial charge in [-0.3, -0.25) is 9.69 Å². The van der Waals surface area contributed by atoms with Gasteiger partial charge in [-0.25, -0.2) is 4.79 Å². The number of carbonyl (C=O) groups excluding carboxylic acids is 2. The minimum atomic E-state index is -0.382. The van der Waals surface area contributed by atoms with Gasteiger partial charge in [0, 0.05) is 16.9 Å². The molecule has 5 heteroatoms. The van der Waals surface area contributed by atoms with Gasteiger partial charge >= 0.3 is 6.09 Å². The molecule has 0 bridgehead atoms. The first kappa shape index (κ1) is 15.2. The van der Waals surface area contributed by atoms with E-state index in [1.807, 2.05) is 42.5 Å². The zero-order valence-corrected chi connectivity index (χ0v) is 13.4. The third-order valence-corrected chi connectivity index (χ3v) is 4.19. The Morgan fingerprint density at radius 2 is 1.80 bits per heavy atom. The molecule has 1 aliphatic heterocycles. The van der Waals surface area contributed by atoms with Gasteiger partial charge in [0.25, 0.3) is 5.91 Å². The number of carbonyl (C=O) groups is 2. The summed E-state index contributed by atoms with van der Waals surface area (Å²) in [5.74, 6) is -0.218. The Bertz CT molecular complexity index is 968. The lowest BCUT2D eigenvalue weighted by molar-refractivity contribution is 0.102. The molecule has 25 heavy (non-hydrogen) atoms. The van der Waals surface area contributed by atoms with Crippen LogP contribution in [0, 0.1) is 0 Å². The molecule has 0 spiro atoms. The van der Waals surface area contributed by atoms with Crippen molar-refractivity contribution in [2.75, 3.05) is 23.4 Å². The summed E-state index contributed by atoms with van der Waals surface area (Å²) in [6, 6.07) is 20.7. The van der Waals surface area contributed by atoms with Gasteiger partial charge in [0.2, 0.25) is 0 Å². The number of rotatable bonds is 3. The fourth-order valence-corrected chi connectivity index (χ4v) is 2.91. The van der Waals surface area contributed by atoms with Crippen molar-refractivity contribution in [3.63, 3.8) is 0 Å². The number of hydrogen-bond donors (Lipinski definition) is 1. The first-order valence-electron chi connectivity index (χ1n) is 8.05. The van der Waals surface area contributed by atoms with Crippen LogP contribution >= 0.6 is 0 Å². The number of fused-ring (bicyclic) bond motifs is 1. The normalized spacial score (nSPS) is 13.8. The van der Waals surface area contributed by atoms with Crippen molar-refractivity contribution in [2.24, 2.45) is 0 Å². The van der Waals surface area contributed by atoms with E-state index in [2.05, 4.69) is 5.32 Å². The highest BCUT2D eigenvalue weighted by Gasteiger charge is 2.24. The van der Waals surface area contributed by atoms with E-state index in [4.69, 9.17) is 4.74 Å². The smallest absolute Gasteiger partial charge is 0.414 e. The number of nitrogens with one attached hydrogen (secondary N) is 1. The summed E-state index contributed by atoms with van der Waals surface area (Å²) in [6.07, 6.45) is -0.382. The van der Waals surface area contributed by atoms with E-state index in [-0.39, 0.29) is 12.0 Å². The highest BCUT2D eigenvalue weighted by atomic mass is 16.6. The van der Waals surface area contributed by atoms with Gasteiger partial charge in [-0.15, -0.1) is 0 Å². The van der Waals surface area contributed by atoms with Crippen LogP contribution in [0.25, 0.3) is 10.8 Å². The summed E-state index contributed by atoms with van der Waals surface area (Å²) in [7, 11) is 0. The van der Waals surface area contributed by atoms with Gasteiger partial charge in [-0.05, 0) is 41.1 Å². The van der Waals surface area contributed by atoms with Gasteiger partial charge in [0.1, 0.15) is 6.61 Å². The number of cyclic esters (lactones) is 1. The molecule has 1 aliphatic rings. The largest absolute Gasteiger partial charge is 0.447 e. The molecule has 0 saturated carbocycles. The van der Waals surface area contributed by atoms with Gasteiger partial charge in [0.15, 0.2) is 0 Å². The van der Waals surface area contributed by atoms with Crippen molar-refractivity contribution in [2.45, 2.75) is 0 Å². The average Bonchev–Trinajstić information content (AvgIpc) is 3.08. The minimum Gasteiger partial charge on any atom is -0.447 e. The van der Waals surface area contributed by atoms with Crippen molar-refractivity contribution in [1.82, 2.24) is 0 Å². The predicted octanol–water partition coefficient (Wildman–Crippen LogP) is 4.05. The molecule has 0 aromatic heterocycles. The van der Waals surface area contributed by atoms with E-state index in [0.29, 0.717) is 24.4 Å². The monoisotopic (exact) mass is 332 g/mol. The summed E-state index contributed by atoms with van der Waals surface area (Å²) in [5.41, 5.74) is 1.88. The Labute approximate surface area is 144 Å². The lowest BCUT2D eigenvalue weighted by Crippen LogP contribution is -2.23. The van der Waals surface area contributed by atoms with Crippen molar-refractivity contribution in [1.29, 1.82) is 0 Å². The van der Waals surface area contributed by atoms with Crippen LogP contribution in [0.5, 0.6) is 0 Å². The van der Waals surface area contributed by atoms with Crippen molar-refractivity contribution < 1.29 is 14.3 Å². The van der Waals surface area contributed by atoms with E-state index in [9.17, 15) is 9.59 Å². The zero-order valence-electron chi connectivity index (χ0n) is 13.4. The van der Waals surface area contributed by atoms with Crippen LogP contribution < -0.4 is 10.2 Å². The van der Waals surface area contributed by atoms with Crippen LogP contribution in [-0.2, 0) is 4.74 Å². The highest BCUT2D eigenvalue weighted by molar-refractivity contribution is 6.06. The maximum Gasteiger partial charge on any atom is 0.414 e. The molecule has 124 valence electrons. The number of anilines is 2. The number of ether oxygens (including phenoxy) is 1. The fourth-order valence-electron chi connectivity index (χ4n) is 2.91. The Balaban J connectivity index is 1.57. The van der Waals surface area contributed by atoms with Gasteiger partial charge < -0.3 is 10.1 Å². The lowest BCUT2D eigenvalue weighted by atomic mass is 10.1. The molecule has 1 N–H and O–H groups in total. The van der Waals surface area contributed by atoms with Crippen LogP contribution in [0.1, 0.15) is 10.4 Å². The number of amides is 2. The van der Waals surface area contributed by atoms with Crippen molar-refractivity contribution in [3.05, 3.63) is 72.3 Å². The SMILES string of the molecule is O=C(Nc1ccc2ccccc2c1)c1cccc(N2CCOC2=O)c1. The minimum absolute atomic E-state index is 0.218. The number of nitrogens with zero attached hydrogens (tertiary/aromatic N) is 1. The van der Waals surface area contributed by atoms with E-state index in [1.165, 1.54) is 4.90 Å². The van der Waals surface area contributed by atoms with Crippen LogP contribution in [0.15, 0.2) is 66.7 Å². The maximum atomic E-state index is 12.6. The molecular formula is C20H16N2O3. The Hall–Kier alpha value is -3.34. The quantitative estimate of drug-likeness (QED) is 0.787. The van der Waals surface area contributed by atoms with Gasteiger partial charge in [-0.1, -0.05) is 36.4 Å². The molecule has 1 heterocycles. The van der Waals surface area contributed by atoms with Crippen LogP contribution in [0.3, 0.4) is 0 Å². The molecule has 2 amide bonds. The van der Waals surface area contributed by atoms with E-state index >= 15 is 0 Å². The molecule has 5 nitrogen and oxygen atoms in total. The van der Waals surface area contributed by atoms with E-state index in [1.54, 1.807) is 24.3 Å². The summed E-state index contributed by atoms with van der Waals surface area (Å²) >= 11 is 0. The van der Waals surface area contributed by atoms with Crippen molar-refractivity contribution in [3.8, 4) is 0 Å². The molecule has 1 fully saturated rings. The van der Waals surface area contributed by atoms with Gasteiger partial charge in [0.05, 0.1) is 6.54 Å². The zero-order chi connectivity index (χ0) is 17.2. The Morgan fingerprint density at radius 1 is 0.960 bits per heavy atom. The first-order chi connectivity index (χ1) is 12.2. The maximum absolute atomic E-state index is 12.6. The Morgan fingerprint density at radius 3 is 2.60 bits per heavy atom. The fraction of sp³-hybridized carbons (Fsp3) is 0.100. The average molecular weight is 332 g/mol. The molecule has 3 aromatic carbocycles. The van der Waals surface area contributed by atoms with Gasteiger partial charge in [-0.2, -0.15) is 0 Å². The third kappa shape index (κ3) is 3.04. The Kier molecular flexibility index (Phi) is 3.82. The van der Waals surface area contributed by atoms with E-state index < -0.39 is 0 Å². The molecule has 4 rings (SSSR count). The van der Waals surface area contributed by atoms with Crippen LogP contribution in [0.4, 0.5) is 16.2 Å². The van der Waals surface area contributed by atoms with Crippen LogP contribution in [0.2, 0.25) is 0 Å². The van der Waals surface area contributed by atoms with Crippen LogP contribution in [-0.4, -0.2) is 25.2 Å². The predicted molar refractivity (Wildman–Crippen MR) is 97.0 cm³/mol. The standard InChI is InChI=1S/C20H16N2O3/c23-19(21-17-9-8-14-4-1-2-5-15(14)12-17)16-6-3-7-18(13-16)22-10-11-25-20(22)24/h1-9,12-13H,10-11H2,(H,21,23). The second kappa shape index (κ2) is 6.28. The number of hydrogen-bond acceptors (Lipinski definition) is 3. The molecule has 0 aliphatic carbocycles.